The molecule has 0 aromatic carbocycles. The van der Waals surface area contributed by atoms with Gasteiger partial charge in [-0.2, -0.15) is 0 Å². The minimum absolute atomic E-state index is 0.0586. The predicted molar refractivity (Wildman–Crippen MR) is 57.2 cm³/mol. The molecule has 0 aliphatic heterocycles. The number of aliphatic hydroxyl groups excluding tert-OH is 1. The molecule has 6 heteroatoms. The molecule has 1 amide bonds. The molecule has 1 heterocycles. The maximum Gasteiger partial charge on any atom is 0.323 e. The Balaban J connectivity index is 2.12. The number of hydrogen-bond acceptors (Lipinski definition) is 3. The van der Waals surface area contributed by atoms with Gasteiger partial charge in [0.1, 0.15) is 5.69 Å². The standard InChI is InChI=1S/C10H15N3O3/c14-5-4-13(7-2-1-3-7)9(15)8-6-11-10(16)12-8/h6-7,14H,1-5H2,(H2,11,12,16). The molecule has 16 heavy (non-hydrogen) atoms. The molecule has 1 aliphatic carbocycles. The van der Waals surface area contributed by atoms with E-state index in [0.29, 0.717) is 6.54 Å². The van der Waals surface area contributed by atoms with Crippen molar-refractivity contribution in [1.82, 2.24) is 14.9 Å². The minimum atomic E-state index is -0.388. The summed E-state index contributed by atoms with van der Waals surface area (Å²) in [5, 5.41) is 8.93. The summed E-state index contributed by atoms with van der Waals surface area (Å²) in [5.41, 5.74) is -0.133. The molecule has 88 valence electrons. The van der Waals surface area contributed by atoms with Crippen LogP contribution in [0.4, 0.5) is 0 Å². The molecular weight excluding hydrogens is 210 g/mol. The van der Waals surface area contributed by atoms with Crippen LogP contribution in [0.2, 0.25) is 0 Å². The summed E-state index contributed by atoms with van der Waals surface area (Å²) < 4.78 is 0. The van der Waals surface area contributed by atoms with Gasteiger partial charge >= 0.3 is 5.69 Å². The summed E-state index contributed by atoms with van der Waals surface area (Å²) in [6.07, 6.45) is 4.43. The van der Waals surface area contributed by atoms with Gasteiger partial charge in [-0.3, -0.25) is 4.79 Å². The molecule has 1 aromatic heterocycles. The monoisotopic (exact) mass is 225 g/mol. The Morgan fingerprint density at radius 3 is 2.75 bits per heavy atom. The number of carbonyl (C=O) groups is 1. The van der Waals surface area contributed by atoms with E-state index in [-0.39, 0.29) is 29.9 Å². The normalized spacial score (nSPS) is 15.8. The zero-order chi connectivity index (χ0) is 11.5. The van der Waals surface area contributed by atoms with Crippen molar-refractivity contribution in [3.8, 4) is 0 Å². The zero-order valence-corrected chi connectivity index (χ0v) is 8.90. The van der Waals surface area contributed by atoms with Crippen LogP contribution in [0.1, 0.15) is 29.8 Å². The van der Waals surface area contributed by atoms with Crippen molar-refractivity contribution in [3.05, 3.63) is 22.4 Å². The van der Waals surface area contributed by atoms with Crippen LogP contribution in [-0.2, 0) is 0 Å². The Morgan fingerprint density at radius 1 is 1.56 bits per heavy atom. The quantitative estimate of drug-likeness (QED) is 0.656. The van der Waals surface area contributed by atoms with Gasteiger partial charge in [-0.25, -0.2) is 4.79 Å². The molecule has 0 saturated heterocycles. The largest absolute Gasteiger partial charge is 0.395 e. The number of hydrogen-bond donors (Lipinski definition) is 3. The number of aromatic nitrogens is 2. The average Bonchev–Trinajstić information content (AvgIpc) is 2.60. The third kappa shape index (κ3) is 2.01. The van der Waals surface area contributed by atoms with Crippen LogP contribution in [0.5, 0.6) is 0 Å². The maximum atomic E-state index is 12.0. The first kappa shape index (κ1) is 10.9. The molecule has 1 saturated carbocycles. The van der Waals surface area contributed by atoms with Crippen LogP contribution < -0.4 is 5.69 Å². The molecule has 1 aromatic rings. The number of nitrogens with zero attached hydrogens (tertiary/aromatic N) is 1. The Hall–Kier alpha value is -1.56. The number of nitrogens with one attached hydrogen (secondary N) is 2. The van der Waals surface area contributed by atoms with Crippen molar-refractivity contribution in [1.29, 1.82) is 0 Å². The van der Waals surface area contributed by atoms with Gasteiger partial charge < -0.3 is 20.0 Å². The van der Waals surface area contributed by atoms with E-state index in [9.17, 15) is 9.59 Å². The number of aliphatic hydroxyl groups is 1. The van der Waals surface area contributed by atoms with Gasteiger partial charge in [0, 0.05) is 18.8 Å². The summed E-state index contributed by atoms with van der Waals surface area (Å²) >= 11 is 0. The first-order chi connectivity index (χ1) is 7.72. The van der Waals surface area contributed by atoms with Crippen LogP contribution in [0.15, 0.2) is 11.0 Å². The average molecular weight is 225 g/mol. The number of imidazole rings is 1. The molecule has 1 fully saturated rings. The lowest BCUT2D eigenvalue weighted by molar-refractivity contribution is 0.0520. The highest BCUT2D eigenvalue weighted by Crippen LogP contribution is 2.25. The fraction of sp³-hybridized carbons (Fsp3) is 0.600. The number of carbonyl (C=O) groups excluding carboxylic acids is 1. The van der Waals surface area contributed by atoms with Crippen molar-refractivity contribution < 1.29 is 9.90 Å². The lowest BCUT2D eigenvalue weighted by Crippen LogP contribution is -2.45. The van der Waals surface area contributed by atoms with Crippen LogP contribution in [0, 0.1) is 0 Å². The molecular formula is C10H15N3O3. The molecule has 6 nitrogen and oxygen atoms in total. The van der Waals surface area contributed by atoms with Crippen LogP contribution >= 0.6 is 0 Å². The van der Waals surface area contributed by atoms with E-state index in [4.69, 9.17) is 5.11 Å². The van der Waals surface area contributed by atoms with Crippen molar-refractivity contribution in [2.75, 3.05) is 13.2 Å². The SMILES string of the molecule is O=C(c1c[nH]c(=O)[nH]1)N(CCO)C1CCC1. The summed E-state index contributed by atoms with van der Waals surface area (Å²) in [4.78, 5) is 29.4. The second kappa shape index (κ2) is 4.52. The zero-order valence-electron chi connectivity index (χ0n) is 8.90. The van der Waals surface area contributed by atoms with Gasteiger partial charge in [0.25, 0.3) is 5.91 Å². The molecule has 0 radical (unpaired) electrons. The molecule has 3 N–H and O–H groups in total. The van der Waals surface area contributed by atoms with Gasteiger partial charge in [0.2, 0.25) is 0 Å². The summed E-state index contributed by atoms with van der Waals surface area (Å²) in [6.45, 7) is 0.258. The van der Waals surface area contributed by atoms with E-state index >= 15 is 0 Å². The van der Waals surface area contributed by atoms with Crippen LogP contribution in [0.25, 0.3) is 0 Å². The van der Waals surface area contributed by atoms with Gasteiger partial charge in [0.15, 0.2) is 0 Å². The number of H-pyrrole nitrogens is 2. The first-order valence-electron chi connectivity index (χ1n) is 5.42. The van der Waals surface area contributed by atoms with Crippen molar-refractivity contribution >= 4 is 5.91 Å². The number of rotatable bonds is 4. The Morgan fingerprint density at radius 2 is 2.31 bits per heavy atom. The lowest BCUT2D eigenvalue weighted by Gasteiger charge is -2.36. The fourth-order valence-corrected chi connectivity index (χ4v) is 1.86. The van der Waals surface area contributed by atoms with Gasteiger partial charge in [-0.15, -0.1) is 0 Å². The van der Waals surface area contributed by atoms with E-state index < -0.39 is 0 Å². The van der Waals surface area contributed by atoms with Crippen molar-refractivity contribution in [3.63, 3.8) is 0 Å². The highest BCUT2D eigenvalue weighted by atomic mass is 16.3. The maximum absolute atomic E-state index is 12.0. The Kier molecular flexibility index (Phi) is 3.09. The molecule has 0 bridgehead atoms. The van der Waals surface area contributed by atoms with Gasteiger partial charge in [-0.05, 0) is 19.3 Å². The molecule has 0 spiro atoms. The van der Waals surface area contributed by atoms with Crippen LogP contribution in [-0.4, -0.2) is 45.1 Å². The summed E-state index contributed by atoms with van der Waals surface area (Å²) in [6, 6.07) is 0.207. The van der Waals surface area contributed by atoms with E-state index in [2.05, 4.69) is 9.97 Å². The summed E-state index contributed by atoms with van der Waals surface area (Å²) in [5.74, 6) is -0.225. The fourth-order valence-electron chi connectivity index (χ4n) is 1.86. The third-order valence-electron chi connectivity index (χ3n) is 2.94. The van der Waals surface area contributed by atoms with Crippen molar-refractivity contribution in [2.45, 2.75) is 25.3 Å². The topological polar surface area (TPSA) is 89.2 Å². The predicted octanol–water partition coefficient (Wildman–Crippen LogP) is -0.310. The van der Waals surface area contributed by atoms with Gasteiger partial charge in [0.05, 0.1) is 6.61 Å². The smallest absolute Gasteiger partial charge is 0.323 e. The van der Waals surface area contributed by atoms with E-state index in [0.717, 1.165) is 19.3 Å². The highest BCUT2D eigenvalue weighted by molar-refractivity contribution is 5.92. The Labute approximate surface area is 92.3 Å². The summed E-state index contributed by atoms with van der Waals surface area (Å²) in [7, 11) is 0. The molecule has 0 unspecified atom stereocenters. The minimum Gasteiger partial charge on any atom is -0.395 e. The second-order valence-corrected chi connectivity index (χ2v) is 3.96. The van der Waals surface area contributed by atoms with Crippen LogP contribution in [0.3, 0.4) is 0 Å². The van der Waals surface area contributed by atoms with Crippen molar-refractivity contribution in [2.24, 2.45) is 0 Å². The lowest BCUT2D eigenvalue weighted by atomic mass is 9.91. The highest BCUT2D eigenvalue weighted by Gasteiger charge is 2.29. The number of amides is 1. The Bertz CT molecular complexity index is 419. The second-order valence-electron chi connectivity index (χ2n) is 3.96. The number of aromatic amines is 2. The molecule has 0 atom stereocenters. The van der Waals surface area contributed by atoms with Gasteiger partial charge in [-0.1, -0.05) is 0 Å². The van der Waals surface area contributed by atoms with E-state index in [1.54, 1.807) is 4.90 Å². The molecule has 2 rings (SSSR count). The molecule has 1 aliphatic rings. The first-order valence-corrected chi connectivity index (χ1v) is 5.42. The third-order valence-corrected chi connectivity index (χ3v) is 2.94. The van der Waals surface area contributed by atoms with E-state index in [1.807, 2.05) is 0 Å². The van der Waals surface area contributed by atoms with E-state index in [1.165, 1.54) is 6.20 Å².